The van der Waals surface area contributed by atoms with Crippen molar-refractivity contribution in [3.05, 3.63) is 51.3 Å². The molecule has 0 bridgehead atoms. The number of carbonyl (C=O) groups is 1. The highest BCUT2D eigenvalue weighted by Gasteiger charge is 2.16. The van der Waals surface area contributed by atoms with Crippen LogP contribution in [-0.2, 0) is 13.5 Å². The third kappa shape index (κ3) is 2.87. The van der Waals surface area contributed by atoms with Crippen molar-refractivity contribution in [2.75, 3.05) is 0 Å². The second kappa shape index (κ2) is 5.17. The predicted octanol–water partition coefficient (Wildman–Crippen LogP) is 3.42. The van der Waals surface area contributed by atoms with Crippen molar-refractivity contribution in [2.45, 2.75) is 27.2 Å². The third-order valence-electron chi connectivity index (χ3n) is 3.13. The van der Waals surface area contributed by atoms with Gasteiger partial charge < -0.3 is 0 Å². The first kappa shape index (κ1) is 13.8. The summed E-state index contributed by atoms with van der Waals surface area (Å²) in [6, 6.07) is 5.87. The Bertz CT molecular complexity index is 624. The number of nitrogens with zero attached hydrogens (tertiary/aromatic N) is 2. The summed E-state index contributed by atoms with van der Waals surface area (Å²) < 4.78 is 1.68. The quantitative estimate of drug-likeness (QED) is 0.805. The van der Waals surface area contributed by atoms with Crippen LogP contribution in [0, 0.1) is 20.8 Å². The van der Waals surface area contributed by atoms with E-state index in [-0.39, 0.29) is 12.2 Å². The summed E-state index contributed by atoms with van der Waals surface area (Å²) in [5.41, 5.74) is 4.44. The molecule has 0 amide bonds. The summed E-state index contributed by atoms with van der Waals surface area (Å²) in [5, 5.41) is 4.81. The number of aryl methyl sites for hydroxylation is 4. The van der Waals surface area contributed by atoms with Crippen molar-refractivity contribution < 1.29 is 4.79 Å². The van der Waals surface area contributed by atoms with Gasteiger partial charge in [-0.2, -0.15) is 5.10 Å². The molecule has 0 N–H and O–H groups in total. The summed E-state index contributed by atoms with van der Waals surface area (Å²) in [6.07, 6.45) is 0.277. The van der Waals surface area contributed by atoms with Crippen molar-refractivity contribution in [1.29, 1.82) is 0 Å². The van der Waals surface area contributed by atoms with Gasteiger partial charge in [-0.15, -0.1) is 0 Å². The SMILES string of the molecule is Cc1cc(C)cc(C(=O)Cc2c(Cl)c(C)nn2C)c1. The Balaban J connectivity index is 2.30. The van der Waals surface area contributed by atoms with Gasteiger partial charge in [-0.1, -0.05) is 28.8 Å². The fourth-order valence-corrected chi connectivity index (χ4v) is 2.49. The molecular formula is C15H17ClN2O. The Morgan fingerprint density at radius 2 is 1.79 bits per heavy atom. The number of aromatic nitrogens is 2. The van der Waals surface area contributed by atoms with Gasteiger partial charge in [-0.3, -0.25) is 9.48 Å². The van der Waals surface area contributed by atoms with Crippen molar-refractivity contribution >= 4 is 17.4 Å². The molecule has 100 valence electrons. The lowest BCUT2D eigenvalue weighted by Crippen LogP contribution is -2.08. The van der Waals surface area contributed by atoms with E-state index in [0.29, 0.717) is 5.02 Å². The van der Waals surface area contributed by atoms with Gasteiger partial charge in [0.1, 0.15) is 0 Å². The minimum absolute atomic E-state index is 0.0664. The summed E-state index contributed by atoms with van der Waals surface area (Å²) in [6.45, 7) is 5.82. The predicted molar refractivity (Wildman–Crippen MR) is 76.9 cm³/mol. The van der Waals surface area contributed by atoms with Gasteiger partial charge in [0.05, 0.1) is 22.8 Å². The van der Waals surface area contributed by atoms with Crippen molar-refractivity contribution in [2.24, 2.45) is 7.05 Å². The van der Waals surface area contributed by atoms with Crippen LogP contribution in [0.25, 0.3) is 0 Å². The molecule has 0 atom stereocenters. The molecule has 2 rings (SSSR count). The first-order valence-corrected chi connectivity index (χ1v) is 6.55. The first-order valence-electron chi connectivity index (χ1n) is 6.18. The van der Waals surface area contributed by atoms with E-state index < -0.39 is 0 Å². The topological polar surface area (TPSA) is 34.9 Å². The molecule has 4 heteroatoms. The van der Waals surface area contributed by atoms with Crippen LogP contribution in [0.2, 0.25) is 5.02 Å². The Morgan fingerprint density at radius 1 is 1.21 bits per heavy atom. The van der Waals surface area contributed by atoms with Crippen LogP contribution in [-0.4, -0.2) is 15.6 Å². The third-order valence-corrected chi connectivity index (χ3v) is 3.62. The molecule has 0 saturated heterocycles. The van der Waals surface area contributed by atoms with Crippen LogP contribution in [0.5, 0.6) is 0 Å². The highest BCUT2D eigenvalue weighted by molar-refractivity contribution is 6.32. The zero-order valence-electron chi connectivity index (χ0n) is 11.6. The maximum atomic E-state index is 12.3. The first-order chi connectivity index (χ1) is 8.88. The maximum absolute atomic E-state index is 12.3. The van der Waals surface area contributed by atoms with Crippen LogP contribution in [0.3, 0.4) is 0 Å². The van der Waals surface area contributed by atoms with Crippen molar-refractivity contribution in [3.8, 4) is 0 Å². The second-order valence-corrected chi connectivity index (χ2v) is 5.32. The average molecular weight is 277 g/mol. The monoisotopic (exact) mass is 276 g/mol. The van der Waals surface area contributed by atoms with E-state index in [1.165, 1.54) is 0 Å². The average Bonchev–Trinajstić information content (AvgIpc) is 2.54. The molecule has 0 radical (unpaired) electrons. The summed E-state index contributed by atoms with van der Waals surface area (Å²) in [7, 11) is 1.81. The zero-order valence-corrected chi connectivity index (χ0v) is 12.4. The number of hydrogen-bond donors (Lipinski definition) is 0. The van der Waals surface area contributed by atoms with Crippen LogP contribution in [0.1, 0.15) is 32.9 Å². The molecule has 0 saturated carbocycles. The molecule has 0 fully saturated rings. The van der Waals surface area contributed by atoms with Crippen LogP contribution >= 0.6 is 11.6 Å². The molecular weight excluding hydrogens is 260 g/mol. The highest BCUT2D eigenvalue weighted by Crippen LogP contribution is 2.21. The van der Waals surface area contributed by atoms with Crippen LogP contribution in [0.15, 0.2) is 18.2 Å². The minimum Gasteiger partial charge on any atom is -0.294 e. The van der Waals surface area contributed by atoms with Gasteiger partial charge in [-0.25, -0.2) is 0 Å². The fraction of sp³-hybridized carbons (Fsp3) is 0.333. The van der Waals surface area contributed by atoms with E-state index in [4.69, 9.17) is 11.6 Å². The Morgan fingerprint density at radius 3 is 2.26 bits per heavy atom. The van der Waals surface area contributed by atoms with E-state index in [1.54, 1.807) is 4.68 Å². The normalized spacial score (nSPS) is 10.8. The molecule has 0 unspecified atom stereocenters. The Hall–Kier alpha value is -1.61. The lowest BCUT2D eigenvalue weighted by Gasteiger charge is -2.05. The van der Waals surface area contributed by atoms with Gasteiger partial charge in [0, 0.05) is 12.6 Å². The van der Waals surface area contributed by atoms with E-state index in [0.717, 1.165) is 28.1 Å². The lowest BCUT2D eigenvalue weighted by atomic mass is 10.0. The molecule has 1 heterocycles. The molecule has 19 heavy (non-hydrogen) atoms. The minimum atomic E-state index is 0.0664. The molecule has 2 aromatic rings. The van der Waals surface area contributed by atoms with E-state index >= 15 is 0 Å². The number of Topliss-reactive ketones (excluding diaryl/α,β-unsaturated/α-hetero) is 1. The second-order valence-electron chi connectivity index (χ2n) is 4.95. The molecule has 1 aromatic heterocycles. The lowest BCUT2D eigenvalue weighted by molar-refractivity contribution is 0.0990. The molecule has 3 nitrogen and oxygen atoms in total. The molecule has 0 aliphatic rings. The van der Waals surface area contributed by atoms with Crippen molar-refractivity contribution in [1.82, 2.24) is 9.78 Å². The van der Waals surface area contributed by atoms with Gasteiger partial charge in [0.25, 0.3) is 0 Å². The van der Waals surface area contributed by atoms with Gasteiger partial charge in [-0.05, 0) is 32.9 Å². The Labute approximate surface area is 118 Å². The molecule has 1 aromatic carbocycles. The van der Waals surface area contributed by atoms with Gasteiger partial charge in [0.15, 0.2) is 5.78 Å². The highest BCUT2D eigenvalue weighted by atomic mass is 35.5. The summed E-state index contributed by atoms with van der Waals surface area (Å²) in [4.78, 5) is 12.3. The van der Waals surface area contributed by atoms with E-state index in [9.17, 15) is 4.79 Å². The number of hydrogen-bond acceptors (Lipinski definition) is 2. The zero-order chi connectivity index (χ0) is 14.2. The standard InChI is InChI=1S/C15H17ClN2O/c1-9-5-10(2)7-12(6-9)14(19)8-13-15(16)11(3)17-18(13)4/h5-7H,8H2,1-4H3. The largest absolute Gasteiger partial charge is 0.294 e. The number of ketones is 1. The van der Waals surface area contributed by atoms with Gasteiger partial charge >= 0.3 is 0 Å². The van der Waals surface area contributed by atoms with Crippen LogP contribution in [0.4, 0.5) is 0 Å². The maximum Gasteiger partial charge on any atom is 0.168 e. The fourth-order valence-electron chi connectivity index (χ4n) is 2.26. The summed E-state index contributed by atoms with van der Waals surface area (Å²) >= 11 is 6.17. The van der Waals surface area contributed by atoms with E-state index in [1.807, 2.05) is 40.0 Å². The number of rotatable bonds is 3. The Kier molecular flexibility index (Phi) is 3.76. The molecule has 0 aliphatic heterocycles. The number of carbonyl (C=O) groups excluding carboxylic acids is 1. The van der Waals surface area contributed by atoms with Crippen LogP contribution < -0.4 is 0 Å². The molecule has 0 spiro atoms. The van der Waals surface area contributed by atoms with Gasteiger partial charge in [0.2, 0.25) is 0 Å². The molecule has 0 aliphatic carbocycles. The smallest absolute Gasteiger partial charge is 0.168 e. The number of benzene rings is 1. The summed E-state index contributed by atoms with van der Waals surface area (Å²) in [5.74, 6) is 0.0664. The number of halogens is 1. The van der Waals surface area contributed by atoms with Crippen molar-refractivity contribution in [3.63, 3.8) is 0 Å². The van der Waals surface area contributed by atoms with E-state index in [2.05, 4.69) is 11.2 Å².